The Morgan fingerprint density at radius 2 is 1.00 bits per heavy atom. The van der Waals surface area contributed by atoms with Crippen LogP contribution in [0.3, 0.4) is 0 Å². The maximum atomic E-state index is 10.1. The second-order valence-corrected chi connectivity index (χ2v) is 3.18. The molecule has 1 aromatic rings. The number of aliphatic carboxylic acids is 2. The molecule has 136 valence electrons. The Kier molecular flexibility index (Phi) is 54.9. The molecule has 0 amide bonds. The average molecular weight is 426 g/mol. The van der Waals surface area contributed by atoms with Crippen LogP contribution in [0.4, 0.5) is 0 Å². The van der Waals surface area contributed by atoms with Crippen molar-refractivity contribution in [3.8, 4) is 0 Å². The van der Waals surface area contributed by atoms with Gasteiger partial charge < -0.3 is 61.8 Å². The third-order valence-electron chi connectivity index (χ3n) is 1.79. The van der Waals surface area contributed by atoms with Crippen molar-refractivity contribution in [1.29, 1.82) is 0 Å². The van der Waals surface area contributed by atoms with E-state index in [-0.39, 0.29) is 138 Å². The van der Waals surface area contributed by atoms with Gasteiger partial charge in [0.2, 0.25) is 0 Å². The van der Waals surface area contributed by atoms with Gasteiger partial charge in [-0.2, -0.15) is 0 Å². The summed E-state index contributed by atoms with van der Waals surface area (Å²) in [5.74, 6) is -5.25. The fourth-order valence-corrected chi connectivity index (χ4v) is 0.832. The van der Waals surface area contributed by atoms with Crippen molar-refractivity contribution in [2.45, 2.75) is 12.2 Å². The zero-order chi connectivity index (χ0) is 15.0. The van der Waals surface area contributed by atoms with Crippen molar-refractivity contribution >= 4 is 17.9 Å². The number of hydrogen-bond donors (Lipinski definition) is 2. The molecule has 0 saturated carbocycles. The first-order valence-corrected chi connectivity index (χ1v) is 4.81. The minimum absolute atomic E-state index is 0. The molecule has 0 bridgehead atoms. The van der Waals surface area contributed by atoms with Crippen molar-refractivity contribution in [1.82, 2.24) is 0 Å². The van der Waals surface area contributed by atoms with E-state index in [1.807, 2.05) is 0 Å². The summed E-state index contributed by atoms with van der Waals surface area (Å²) in [6.45, 7) is 0. The fourth-order valence-electron chi connectivity index (χ4n) is 0.832. The molecule has 12 nitrogen and oxygen atoms in total. The van der Waals surface area contributed by atoms with Gasteiger partial charge in [-0.3, -0.25) is 0 Å². The second kappa shape index (κ2) is 28.2. The predicted molar refractivity (Wildman–Crippen MR) is 67.3 cm³/mol. The minimum Gasteiger partial charge on any atom is -0.547 e. The van der Waals surface area contributed by atoms with Crippen molar-refractivity contribution in [2.75, 3.05) is 0 Å². The molecule has 0 aliphatic carbocycles. The Balaban J connectivity index is -0.0000000328. The summed E-state index contributed by atoms with van der Waals surface area (Å²) in [5, 5.41) is 45.8. The standard InChI is InChI=1S/C7H6O2.C4H6O6.K.2Na.4H2O/c8-7(9)6-4-2-1-3-5-6;5-1(3(7)8)2(6)4(9)10;;;;;;;/h1-5H,(H,8,9);1-2,5-6H,(H,7,8)(H,9,10);;;;4*1H2/q;;3*+1;;;;/p-3. The van der Waals surface area contributed by atoms with Crippen LogP contribution in [0.1, 0.15) is 10.4 Å². The maximum Gasteiger partial charge on any atom is 1.00 e. The minimum atomic E-state index is -2.44. The molecule has 0 saturated heterocycles. The number of hydrogen-bond acceptors (Lipinski definition) is 8. The molecular formula is C11H17KNa2O12. The summed E-state index contributed by atoms with van der Waals surface area (Å²) in [5.41, 5.74) is 0.220. The third kappa shape index (κ3) is 23.1. The monoisotopic (exact) mass is 426 g/mol. The number of benzene rings is 1. The summed E-state index contributed by atoms with van der Waals surface area (Å²) in [6, 6.07) is 8.06. The third-order valence-corrected chi connectivity index (χ3v) is 1.79. The molecule has 15 heteroatoms. The van der Waals surface area contributed by atoms with Crippen LogP contribution in [0.2, 0.25) is 0 Å². The van der Waals surface area contributed by atoms with E-state index in [4.69, 9.17) is 10.2 Å². The van der Waals surface area contributed by atoms with Crippen molar-refractivity contribution < 1.29 is 172 Å². The van der Waals surface area contributed by atoms with Crippen LogP contribution in [0.15, 0.2) is 30.3 Å². The molecular weight excluding hydrogens is 409 g/mol. The molecule has 1 rings (SSSR count). The quantitative estimate of drug-likeness (QED) is 0.434. The second-order valence-electron chi connectivity index (χ2n) is 3.18. The van der Waals surface area contributed by atoms with Gasteiger partial charge in [0.15, 0.2) is 0 Å². The summed E-state index contributed by atoms with van der Waals surface area (Å²) in [7, 11) is 0. The number of carbonyl (C=O) groups is 3. The van der Waals surface area contributed by atoms with E-state index in [9.17, 15) is 29.7 Å². The maximum absolute atomic E-state index is 10.1. The van der Waals surface area contributed by atoms with E-state index < -0.39 is 30.1 Å². The summed E-state index contributed by atoms with van der Waals surface area (Å²) in [6.07, 6.45) is -4.88. The van der Waals surface area contributed by atoms with Gasteiger partial charge in [-0.15, -0.1) is 0 Å². The Morgan fingerprint density at radius 1 is 0.731 bits per heavy atom. The molecule has 2 atom stereocenters. The first-order chi connectivity index (χ1) is 8.77. The van der Waals surface area contributed by atoms with Crippen LogP contribution in [-0.4, -0.2) is 62.2 Å². The first-order valence-electron chi connectivity index (χ1n) is 4.81. The van der Waals surface area contributed by atoms with Gasteiger partial charge in [-0.25, -0.2) is 0 Å². The van der Waals surface area contributed by atoms with Gasteiger partial charge in [0, 0.05) is 0 Å². The summed E-state index contributed by atoms with van der Waals surface area (Å²) < 4.78 is 0. The SMILES string of the molecule is O.O.O.O.O=C([O-])C(O)C(O)C(=O)[O-].O=C([O-])c1ccccc1.[K+].[Na+].[Na+]. The van der Waals surface area contributed by atoms with E-state index in [0.29, 0.717) is 0 Å². The van der Waals surface area contributed by atoms with E-state index >= 15 is 0 Å². The van der Waals surface area contributed by atoms with Crippen LogP contribution in [0.5, 0.6) is 0 Å². The van der Waals surface area contributed by atoms with Crippen molar-refractivity contribution in [2.24, 2.45) is 0 Å². The number of carboxylic acid groups (broad SMARTS) is 3. The summed E-state index contributed by atoms with van der Waals surface area (Å²) >= 11 is 0. The normalized spacial score (nSPS) is 9.15. The number of aromatic carboxylic acids is 1. The topological polar surface area (TPSA) is 287 Å². The Bertz CT molecular complexity index is 444. The number of aliphatic hydroxyl groups excluding tert-OH is 2. The molecule has 0 radical (unpaired) electrons. The van der Waals surface area contributed by atoms with E-state index in [0.717, 1.165) is 0 Å². The van der Waals surface area contributed by atoms with Crippen molar-refractivity contribution in [3.05, 3.63) is 35.9 Å². The molecule has 26 heavy (non-hydrogen) atoms. The number of carbonyl (C=O) groups excluding carboxylic acids is 3. The Morgan fingerprint density at radius 3 is 1.15 bits per heavy atom. The van der Waals surface area contributed by atoms with Gasteiger partial charge in [-0.05, 0) is 5.56 Å². The van der Waals surface area contributed by atoms with E-state index in [2.05, 4.69) is 0 Å². The van der Waals surface area contributed by atoms with E-state index in [1.54, 1.807) is 18.2 Å². The molecule has 0 heterocycles. The number of aliphatic hydroxyl groups is 2. The average Bonchev–Trinajstić information content (AvgIpc) is 2.38. The number of carboxylic acids is 3. The van der Waals surface area contributed by atoms with Gasteiger partial charge in [0.1, 0.15) is 12.2 Å². The Hall–Kier alpha value is 1.03. The molecule has 1 aromatic carbocycles. The van der Waals surface area contributed by atoms with Crippen molar-refractivity contribution in [3.63, 3.8) is 0 Å². The zero-order valence-corrected chi connectivity index (χ0v) is 21.5. The molecule has 0 aromatic heterocycles. The zero-order valence-electron chi connectivity index (χ0n) is 14.4. The van der Waals surface area contributed by atoms with E-state index in [1.165, 1.54) is 12.1 Å². The molecule has 0 fully saturated rings. The summed E-state index contributed by atoms with van der Waals surface area (Å²) in [4.78, 5) is 29.4. The molecule has 10 N–H and O–H groups in total. The molecule has 0 aliphatic heterocycles. The van der Waals surface area contributed by atoms with Crippen LogP contribution in [0, 0.1) is 0 Å². The van der Waals surface area contributed by atoms with Gasteiger partial charge in [0.05, 0.1) is 17.9 Å². The number of rotatable bonds is 4. The fraction of sp³-hybridized carbons (Fsp3) is 0.182. The molecule has 0 spiro atoms. The van der Waals surface area contributed by atoms with Crippen LogP contribution in [0.25, 0.3) is 0 Å². The largest absolute Gasteiger partial charge is 1.00 e. The van der Waals surface area contributed by atoms with Crippen LogP contribution in [-0.2, 0) is 9.59 Å². The van der Waals surface area contributed by atoms with Gasteiger partial charge in [0.25, 0.3) is 0 Å². The molecule has 2 unspecified atom stereocenters. The first kappa shape index (κ1) is 50.6. The van der Waals surface area contributed by atoms with Crippen LogP contribution < -0.4 is 126 Å². The van der Waals surface area contributed by atoms with Crippen LogP contribution >= 0.6 is 0 Å². The van der Waals surface area contributed by atoms with Gasteiger partial charge >= 0.3 is 110 Å². The smallest absolute Gasteiger partial charge is 0.547 e. The Labute approximate surface area is 234 Å². The molecule has 0 aliphatic rings. The van der Waals surface area contributed by atoms with Gasteiger partial charge in [-0.1, -0.05) is 30.3 Å². The predicted octanol–water partition coefficient (Wildman–Crippen LogP) is -17.0.